The lowest BCUT2D eigenvalue weighted by Gasteiger charge is -2.18. The van der Waals surface area contributed by atoms with Crippen molar-refractivity contribution in [3.05, 3.63) is 65.5 Å². The van der Waals surface area contributed by atoms with E-state index in [-0.39, 0.29) is 11.2 Å². The molecule has 2 aromatic rings. The van der Waals surface area contributed by atoms with Gasteiger partial charge in [-0.05, 0) is 35.7 Å². The van der Waals surface area contributed by atoms with Gasteiger partial charge in [0.05, 0.1) is 0 Å². The van der Waals surface area contributed by atoms with Crippen LogP contribution in [0, 0.1) is 0 Å². The van der Waals surface area contributed by atoms with Crippen molar-refractivity contribution in [3.63, 3.8) is 0 Å². The molecule has 1 aliphatic heterocycles. The minimum atomic E-state index is 0.134. The average molecular weight is 284 g/mol. The first-order valence-corrected chi connectivity index (χ1v) is 7.22. The van der Waals surface area contributed by atoms with Gasteiger partial charge in [0.1, 0.15) is 0 Å². The molecule has 0 spiro atoms. The maximum absolute atomic E-state index is 12.2. The highest BCUT2D eigenvalue weighted by Gasteiger charge is 2.26. The molecule has 20 heavy (non-hydrogen) atoms. The van der Waals surface area contributed by atoms with Gasteiger partial charge in [0.2, 0.25) is 0 Å². The second-order valence-electron chi connectivity index (χ2n) is 4.97. The predicted octanol–water partition coefficient (Wildman–Crippen LogP) is 3.10. The Kier molecular flexibility index (Phi) is 3.74. The summed E-state index contributed by atoms with van der Waals surface area (Å²) in [6, 6.07) is 11.8. The number of hydrogen-bond donors (Lipinski definition) is 1. The smallest absolute Gasteiger partial charge is 0.254 e. The van der Waals surface area contributed by atoms with Crippen molar-refractivity contribution in [1.82, 2.24) is 9.88 Å². The zero-order chi connectivity index (χ0) is 13.9. The molecule has 1 aromatic carbocycles. The van der Waals surface area contributed by atoms with Crippen LogP contribution in [-0.4, -0.2) is 22.3 Å². The Hall–Kier alpha value is -1.81. The second kappa shape index (κ2) is 5.67. The summed E-state index contributed by atoms with van der Waals surface area (Å²) in [4.78, 5) is 18.1. The summed E-state index contributed by atoms with van der Waals surface area (Å²) in [7, 11) is 0. The number of amides is 1. The zero-order valence-corrected chi connectivity index (χ0v) is 12.0. The van der Waals surface area contributed by atoms with E-state index in [1.54, 1.807) is 12.4 Å². The van der Waals surface area contributed by atoms with E-state index in [1.807, 2.05) is 41.3 Å². The van der Waals surface area contributed by atoms with Crippen LogP contribution < -0.4 is 0 Å². The third kappa shape index (κ3) is 2.56. The fraction of sp³-hybridized carbons (Fsp3) is 0.250. The van der Waals surface area contributed by atoms with E-state index < -0.39 is 0 Å². The Morgan fingerprint density at radius 3 is 2.70 bits per heavy atom. The molecule has 0 saturated carbocycles. The number of thiol groups is 1. The van der Waals surface area contributed by atoms with Crippen LogP contribution in [0.25, 0.3) is 0 Å². The molecule has 4 heteroatoms. The summed E-state index contributed by atoms with van der Waals surface area (Å²) in [5.74, 6) is 0.135. The Labute approximate surface area is 124 Å². The van der Waals surface area contributed by atoms with E-state index in [0.29, 0.717) is 6.54 Å². The molecule has 3 nitrogen and oxygen atoms in total. The van der Waals surface area contributed by atoms with Gasteiger partial charge in [-0.25, -0.2) is 0 Å². The van der Waals surface area contributed by atoms with E-state index in [2.05, 4.69) is 17.6 Å². The van der Waals surface area contributed by atoms with Crippen LogP contribution in [-0.2, 0) is 6.54 Å². The molecular weight excluding hydrogens is 268 g/mol. The van der Waals surface area contributed by atoms with Gasteiger partial charge in [0.25, 0.3) is 5.91 Å². The molecule has 0 fully saturated rings. The first-order valence-electron chi connectivity index (χ1n) is 6.71. The molecule has 3 rings (SSSR count). The zero-order valence-electron chi connectivity index (χ0n) is 11.1. The fourth-order valence-electron chi connectivity index (χ4n) is 2.53. The van der Waals surface area contributed by atoms with Crippen LogP contribution in [0.3, 0.4) is 0 Å². The van der Waals surface area contributed by atoms with Gasteiger partial charge in [-0.2, -0.15) is 12.6 Å². The second-order valence-corrected chi connectivity index (χ2v) is 5.59. The van der Waals surface area contributed by atoms with Crippen LogP contribution in [0.2, 0.25) is 0 Å². The van der Waals surface area contributed by atoms with Crippen LogP contribution >= 0.6 is 12.6 Å². The maximum atomic E-state index is 12.2. The molecule has 0 aliphatic carbocycles. The van der Waals surface area contributed by atoms with Gasteiger partial charge in [0, 0.05) is 36.3 Å². The molecule has 0 N–H and O–H groups in total. The molecule has 0 saturated heterocycles. The normalized spacial score (nSPS) is 15.2. The van der Waals surface area contributed by atoms with E-state index in [9.17, 15) is 4.79 Å². The van der Waals surface area contributed by atoms with Crippen molar-refractivity contribution in [2.75, 3.05) is 6.54 Å². The predicted molar refractivity (Wildman–Crippen MR) is 81.8 cm³/mol. The summed E-state index contributed by atoms with van der Waals surface area (Å²) >= 11 is 4.62. The van der Waals surface area contributed by atoms with Gasteiger partial charge in [0.15, 0.2) is 0 Å². The number of nitrogens with zero attached hydrogens (tertiary/aromatic N) is 2. The minimum Gasteiger partial charge on any atom is -0.334 e. The van der Waals surface area contributed by atoms with Crippen LogP contribution in [0.1, 0.15) is 33.2 Å². The topological polar surface area (TPSA) is 33.2 Å². The molecule has 0 radical (unpaired) electrons. The van der Waals surface area contributed by atoms with E-state index in [1.165, 1.54) is 0 Å². The van der Waals surface area contributed by atoms with Gasteiger partial charge < -0.3 is 4.90 Å². The molecule has 1 amide bonds. The van der Waals surface area contributed by atoms with Crippen molar-refractivity contribution in [3.8, 4) is 0 Å². The number of pyridine rings is 1. The highest BCUT2D eigenvalue weighted by molar-refractivity contribution is 7.80. The summed E-state index contributed by atoms with van der Waals surface area (Å²) in [6.45, 7) is 1.44. The Morgan fingerprint density at radius 2 is 1.95 bits per heavy atom. The quantitative estimate of drug-likeness (QED) is 0.875. The Balaban J connectivity index is 1.62. The lowest BCUT2D eigenvalue weighted by molar-refractivity contribution is 0.0776. The molecule has 1 atom stereocenters. The van der Waals surface area contributed by atoms with Crippen molar-refractivity contribution in [2.45, 2.75) is 18.2 Å². The van der Waals surface area contributed by atoms with E-state index >= 15 is 0 Å². The van der Waals surface area contributed by atoms with Crippen LogP contribution in [0.15, 0.2) is 48.8 Å². The minimum absolute atomic E-state index is 0.134. The summed E-state index contributed by atoms with van der Waals surface area (Å²) in [5.41, 5.74) is 3.11. The lowest BCUT2D eigenvalue weighted by atomic mass is 10.1. The van der Waals surface area contributed by atoms with Gasteiger partial charge >= 0.3 is 0 Å². The maximum Gasteiger partial charge on any atom is 0.254 e. The summed E-state index contributed by atoms with van der Waals surface area (Å²) in [5, 5.41) is 0.134. The first kappa shape index (κ1) is 13.2. The van der Waals surface area contributed by atoms with Crippen LogP contribution in [0.4, 0.5) is 0 Å². The highest BCUT2D eigenvalue weighted by Crippen LogP contribution is 2.27. The van der Waals surface area contributed by atoms with Crippen molar-refractivity contribution < 1.29 is 4.79 Å². The molecular formula is C16H16N2OS. The standard InChI is InChI=1S/C16H16N2OS/c19-16-14-4-2-1-3-13(14)11-18(16)10-7-15(20)12-5-8-17-9-6-12/h1-6,8-9,15,20H,7,10-11H2. The first-order chi connectivity index (χ1) is 9.75. The average Bonchev–Trinajstić information content (AvgIpc) is 2.83. The fourth-order valence-corrected chi connectivity index (χ4v) is 2.81. The number of rotatable bonds is 4. The summed E-state index contributed by atoms with van der Waals surface area (Å²) < 4.78 is 0. The number of hydrogen-bond acceptors (Lipinski definition) is 3. The highest BCUT2D eigenvalue weighted by atomic mass is 32.1. The number of benzene rings is 1. The molecule has 1 unspecified atom stereocenters. The van der Waals surface area contributed by atoms with Crippen molar-refractivity contribution >= 4 is 18.5 Å². The SMILES string of the molecule is O=C1c2ccccc2CN1CCC(S)c1ccncc1. The molecule has 102 valence electrons. The Morgan fingerprint density at radius 1 is 1.20 bits per heavy atom. The van der Waals surface area contributed by atoms with Gasteiger partial charge in [-0.3, -0.25) is 9.78 Å². The number of fused-ring (bicyclic) bond motifs is 1. The van der Waals surface area contributed by atoms with Crippen molar-refractivity contribution in [2.24, 2.45) is 0 Å². The van der Waals surface area contributed by atoms with E-state index in [0.717, 1.165) is 29.7 Å². The molecule has 0 bridgehead atoms. The van der Waals surface area contributed by atoms with E-state index in [4.69, 9.17) is 0 Å². The van der Waals surface area contributed by atoms with Gasteiger partial charge in [-0.1, -0.05) is 18.2 Å². The van der Waals surface area contributed by atoms with Crippen molar-refractivity contribution in [1.29, 1.82) is 0 Å². The lowest BCUT2D eigenvalue weighted by Crippen LogP contribution is -2.25. The number of carbonyl (C=O) groups excluding carboxylic acids is 1. The summed E-state index contributed by atoms with van der Waals surface area (Å²) in [6.07, 6.45) is 4.39. The third-order valence-electron chi connectivity index (χ3n) is 3.66. The third-order valence-corrected chi connectivity index (χ3v) is 4.22. The molecule has 1 aliphatic rings. The number of aromatic nitrogens is 1. The monoisotopic (exact) mass is 284 g/mol. The molecule has 1 aromatic heterocycles. The van der Waals surface area contributed by atoms with Crippen LogP contribution in [0.5, 0.6) is 0 Å². The largest absolute Gasteiger partial charge is 0.334 e. The Bertz CT molecular complexity index is 615. The van der Waals surface area contributed by atoms with Gasteiger partial charge in [-0.15, -0.1) is 0 Å². The number of carbonyl (C=O) groups is 1. The molecule has 2 heterocycles.